The third-order valence-corrected chi connectivity index (χ3v) is 13.1. The van der Waals surface area contributed by atoms with E-state index >= 15 is 4.79 Å². The van der Waals surface area contributed by atoms with Crippen LogP contribution in [-0.4, -0.2) is 113 Å². The summed E-state index contributed by atoms with van der Waals surface area (Å²) in [7, 11) is 0.211. The molecule has 1 heterocycles. The average molecular weight is 848 g/mol. The van der Waals surface area contributed by atoms with Crippen LogP contribution in [0, 0.1) is 16.7 Å². The molecule has 2 saturated carbocycles. The Morgan fingerprint density at radius 2 is 1.62 bits per heavy atom. The molecular formula is C45H58BNO14. The number of nitrogens with one attached hydrogen (secondary N) is 1. The Kier molecular flexibility index (Phi) is 12.7. The van der Waals surface area contributed by atoms with Crippen LogP contribution in [0.1, 0.15) is 97.1 Å². The number of carbonyl (C=O) groups is 5. The van der Waals surface area contributed by atoms with Crippen LogP contribution in [0.4, 0.5) is 4.79 Å². The van der Waals surface area contributed by atoms with Gasteiger partial charge in [0.05, 0.1) is 35.6 Å². The summed E-state index contributed by atoms with van der Waals surface area (Å²) in [6.45, 7) is 14.2. The van der Waals surface area contributed by atoms with Gasteiger partial charge in [-0.1, -0.05) is 75.6 Å². The number of ketones is 1. The summed E-state index contributed by atoms with van der Waals surface area (Å²) in [4.78, 5) is 69.9. The minimum atomic E-state index is -2.30. The molecular weight excluding hydrogens is 789 g/mol. The fraction of sp³-hybridized carbons (Fsp3) is 0.578. The van der Waals surface area contributed by atoms with E-state index in [1.54, 1.807) is 97.0 Å². The minimum absolute atomic E-state index is 0.00762. The molecule has 11 atom stereocenters. The molecule has 0 spiro atoms. The van der Waals surface area contributed by atoms with Crippen molar-refractivity contribution >= 4 is 37.3 Å². The molecule has 3 aliphatic carbocycles. The first-order chi connectivity index (χ1) is 28.5. The second kappa shape index (κ2) is 16.9. The lowest BCUT2D eigenvalue weighted by Gasteiger charge is -2.68. The van der Waals surface area contributed by atoms with Crippen molar-refractivity contribution in [3.8, 4) is 0 Å². The van der Waals surface area contributed by atoms with Crippen LogP contribution in [0.5, 0.6) is 0 Å². The third kappa shape index (κ3) is 8.13. The lowest BCUT2D eigenvalue weighted by Crippen LogP contribution is -2.82. The lowest BCUT2D eigenvalue weighted by molar-refractivity contribution is -0.344. The second-order valence-corrected chi connectivity index (χ2v) is 18.4. The van der Waals surface area contributed by atoms with E-state index in [2.05, 4.69) is 5.32 Å². The van der Waals surface area contributed by atoms with Crippen LogP contribution >= 0.6 is 0 Å². The number of rotatable bonds is 11. The summed E-state index contributed by atoms with van der Waals surface area (Å²) in [6.07, 6.45) is -9.68. The second-order valence-electron chi connectivity index (χ2n) is 18.4. The zero-order valence-electron chi connectivity index (χ0n) is 36.3. The normalized spacial score (nSPS) is 32.6. The summed E-state index contributed by atoms with van der Waals surface area (Å²) >= 11 is 0. The first kappa shape index (κ1) is 45.9. The van der Waals surface area contributed by atoms with Gasteiger partial charge in [-0.25, -0.2) is 14.4 Å². The molecule has 1 unspecified atom stereocenters. The Hall–Kier alpha value is -4.61. The SMILES string of the molecule is CCBOC1C[C@H]2OC[C@@]2(OC(C)=O)[C@H]2[C@H](OC(=O)c3ccccc3)[C@]3(O)C[C@H](OC(=O)[C@H](O)[C@@H](NC(=O)OC(C)(C)C)c4ccccc4)C(C)=C([C@@H](O)C(=O)[C@]12C)C3(C)C. The number of esters is 3. The number of fused-ring (bicyclic) bond motifs is 5. The number of aliphatic hydroxyl groups excluding tert-OH is 2. The van der Waals surface area contributed by atoms with Gasteiger partial charge >= 0.3 is 24.0 Å². The number of Topliss-reactive ketones (excluding diaryl/α,β-unsaturated/α-hetero) is 1. The molecule has 3 fully saturated rings. The highest BCUT2D eigenvalue weighted by Crippen LogP contribution is 2.64. The number of hydrogen-bond acceptors (Lipinski definition) is 14. The van der Waals surface area contributed by atoms with Crippen LogP contribution in [0.25, 0.3) is 0 Å². The standard InChI is InChI=1S/C45H58BNO14/c1-10-46-61-29-21-30-44(23-56-30,59-25(3)48)35-37(58-38(52)27-19-15-12-16-20-27)45(55)22-28(24(2)31(42(45,7)8)33(49)36(51)43(29,35)9)57-39(53)34(50)32(26-17-13-11-14-18-26)47-40(54)60-41(4,5)6/h11-20,28-30,32-35,37,46,49-50,55H,10,21-23H2,1-9H3,(H,47,54)/t28-,29?,30+,32-,33+,34+,35-,37-,43+,44-,45+/m0/s1. The topological polar surface area (TPSA) is 213 Å². The van der Waals surface area contributed by atoms with E-state index in [0.717, 1.165) is 0 Å². The molecule has 1 amide bonds. The van der Waals surface area contributed by atoms with Gasteiger partial charge in [0.15, 0.2) is 17.5 Å². The molecule has 16 heteroatoms. The molecule has 6 rings (SSSR count). The highest BCUT2D eigenvalue weighted by molar-refractivity contribution is 6.27. The Labute approximate surface area is 356 Å². The Bertz CT molecular complexity index is 2040. The van der Waals surface area contributed by atoms with E-state index < -0.39 is 112 Å². The fourth-order valence-corrected chi connectivity index (χ4v) is 10.0. The summed E-state index contributed by atoms with van der Waals surface area (Å²) in [5.74, 6) is -4.94. The maximum absolute atomic E-state index is 15.4. The predicted molar refractivity (Wildman–Crippen MR) is 220 cm³/mol. The molecule has 15 nitrogen and oxygen atoms in total. The largest absolute Gasteiger partial charge is 0.456 e. The lowest BCUT2D eigenvalue weighted by atomic mass is 9.44. The van der Waals surface area contributed by atoms with E-state index in [9.17, 15) is 34.5 Å². The van der Waals surface area contributed by atoms with E-state index in [0.29, 0.717) is 11.9 Å². The van der Waals surface area contributed by atoms with Gasteiger partial charge in [-0.2, -0.15) is 0 Å². The first-order valence-electron chi connectivity index (χ1n) is 20.8. The van der Waals surface area contributed by atoms with Gasteiger partial charge in [-0.05, 0) is 63.5 Å². The van der Waals surface area contributed by atoms with E-state index in [-0.39, 0.29) is 37.2 Å². The van der Waals surface area contributed by atoms with Crippen molar-refractivity contribution in [1.82, 2.24) is 5.32 Å². The van der Waals surface area contributed by atoms with Crippen molar-refractivity contribution < 1.29 is 67.6 Å². The van der Waals surface area contributed by atoms with Crippen molar-refractivity contribution in [3.05, 3.63) is 82.9 Å². The van der Waals surface area contributed by atoms with E-state index in [1.165, 1.54) is 19.1 Å². The van der Waals surface area contributed by atoms with Gasteiger partial charge in [-0.3, -0.25) is 9.59 Å². The molecule has 0 radical (unpaired) electrons. The predicted octanol–water partition coefficient (Wildman–Crippen LogP) is 4.07. The molecule has 2 bridgehead atoms. The third-order valence-electron chi connectivity index (χ3n) is 13.1. The average Bonchev–Trinajstić information content (AvgIpc) is 3.19. The number of benzene rings is 2. The molecule has 0 aromatic heterocycles. The number of amides is 1. The van der Waals surface area contributed by atoms with Crippen molar-refractivity contribution in [2.24, 2.45) is 16.7 Å². The number of carbonyl (C=O) groups excluding carboxylic acids is 5. The quantitative estimate of drug-likeness (QED) is 0.109. The fourth-order valence-electron chi connectivity index (χ4n) is 10.0. The van der Waals surface area contributed by atoms with Crippen LogP contribution < -0.4 is 5.32 Å². The first-order valence-corrected chi connectivity index (χ1v) is 20.8. The summed E-state index contributed by atoms with van der Waals surface area (Å²) in [5, 5.41) is 40.3. The van der Waals surface area contributed by atoms with Gasteiger partial charge in [0.1, 0.15) is 35.6 Å². The molecule has 1 aliphatic heterocycles. The van der Waals surface area contributed by atoms with Crippen molar-refractivity contribution in [3.63, 3.8) is 0 Å². The van der Waals surface area contributed by atoms with Crippen molar-refractivity contribution in [1.29, 1.82) is 0 Å². The highest BCUT2D eigenvalue weighted by Gasteiger charge is 2.78. The van der Waals surface area contributed by atoms with E-state index in [1.807, 2.05) is 6.92 Å². The summed E-state index contributed by atoms with van der Waals surface area (Å²) in [6, 6.07) is 14.9. The zero-order valence-corrected chi connectivity index (χ0v) is 36.3. The maximum Gasteiger partial charge on any atom is 0.408 e. The molecule has 2 aromatic carbocycles. The van der Waals surface area contributed by atoms with Crippen LogP contribution in [0.2, 0.25) is 6.32 Å². The monoisotopic (exact) mass is 847 g/mol. The number of aliphatic hydroxyl groups is 3. The van der Waals surface area contributed by atoms with Crippen molar-refractivity contribution in [2.75, 3.05) is 6.61 Å². The van der Waals surface area contributed by atoms with Gasteiger partial charge in [0.2, 0.25) is 0 Å². The Morgan fingerprint density at radius 3 is 2.18 bits per heavy atom. The Balaban J connectivity index is 1.51. The molecule has 4 N–H and O–H groups in total. The van der Waals surface area contributed by atoms with Crippen LogP contribution in [0.15, 0.2) is 71.8 Å². The maximum atomic E-state index is 15.4. The minimum Gasteiger partial charge on any atom is -0.456 e. The molecule has 1 saturated heterocycles. The molecule has 61 heavy (non-hydrogen) atoms. The molecule has 4 aliphatic rings. The van der Waals surface area contributed by atoms with Crippen LogP contribution in [-0.2, 0) is 42.7 Å². The number of alkyl carbamates (subject to hydrolysis) is 1. The molecule has 330 valence electrons. The van der Waals surface area contributed by atoms with Crippen LogP contribution in [0.3, 0.4) is 0 Å². The van der Waals surface area contributed by atoms with Gasteiger partial charge in [0, 0.05) is 25.2 Å². The van der Waals surface area contributed by atoms with Gasteiger partial charge in [-0.15, -0.1) is 0 Å². The zero-order chi connectivity index (χ0) is 44.9. The molecule has 2 aromatic rings. The van der Waals surface area contributed by atoms with E-state index in [4.69, 9.17) is 28.3 Å². The number of ether oxygens (including phenoxy) is 5. The summed E-state index contributed by atoms with van der Waals surface area (Å²) in [5.41, 5.74) is -7.56. The van der Waals surface area contributed by atoms with Crippen molar-refractivity contribution in [2.45, 2.75) is 141 Å². The smallest absolute Gasteiger partial charge is 0.408 e. The summed E-state index contributed by atoms with van der Waals surface area (Å²) < 4.78 is 36.5. The highest BCUT2D eigenvalue weighted by atomic mass is 16.6. The Morgan fingerprint density at radius 1 is 1.00 bits per heavy atom. The van der Waals surface area contributed by atoms with Gasteiger partial charge in [0.25, 0.3) is 7.48 Å². The number of hydrogen-bond donors (Lipinski definition) is 4. The van der Waals surface area contributed by atoms with Gasteiger partial charge < -0.3 is 49.0 Å².